The van der Waals surface area contributed by atoms with Gasteiger partial charge in [-0.15, -0.1) is 0 Å². The van der Waals surface area contributed by atoms with E-state index in [1.807, 2.05) is 28.0 Å². The summed E-state index contributed by atoms with van der Waals surface area (Å²) in [5.41, 5.74) is 6.65. The van der Waals surface area contributed by atoms with Crippen LogP contribution in [0.25, 0.3) is 22.0 Å². The number of aromatic nitrogens is 4. The molecule has 1 saturated heterocycles. The summed E-state index contributed by atoms with van der Waals surface area (Å²) in [7, 11) is 0. The topological polar surface area (TPSA) is 66.8 Å². The lowest BCUT2D eigenvalue weighted by Crippen LogP contribution is -2.40. The SMILES string of the molecule is Cc1ccc2[nH]c(C3CCCN(C(=O)c4ccnn4C(C)C)C3)c(-c3ccncc3)c2c1. The van der Waals surface area contributed by atoms with Gasteiger partial charge in [-0.25, -0.2) is 0 Å². The van der Waals surface area contributed by atoms with Gasteiger partial charge >= 0.3 is 0 Å². The Balaban J connectivity index is 1.53. The van der Waals surface area contributed by atoms with Crippen LogP contribution in [0, 0.1) is 6.92 Å². The van der Waals surface area contributed by atoms with Crippen LogP contribution in [0.2, 0.25) is 0 Å². The summed E-state index contributed by atoms with van der Waals surface area (Å²) in [4.78, 5) is 23.3. The first-order chi connectivity index (χ1) is 15.5. The Kier molecular flexibility index (Phi) is 5.29. The van der Waals surface area contributed by atoms with Crippen molar-refractivity contribution in [3.05, 3.63) is 71.9 Å². The van der Waals surface area contributed by atoms with Gasteiger partial charge in [0.15, 0.2) is 0 Å². The van der Waals surface area contributed by atoms with Crippen molar-refractivity contribution < 1.29 is 4.79 Å². The number of benzene rings is 1. The van der Waals surface area contributed by atoms with E-state index in [2.05, 4.69) is 66.2 Å². The largest absolute Gasteiger partial charge is 0.358 e. The number of fused-ring (bicyclic) bond motifs is 1. The highest BCUT2D eigenvalue weighted by Crippen LogP contribution is 2.39. The number of H-pyrrole nitrogens is 1. The summed E-state index contributed by atoms with van der Waals surface area (Å²) < 4.78 is 1.82. The van der Waals surface area contributed by atoms with E-state index in [9.17, 15) is 4.79 Å². The fourth-order valence-electron chi connectivity index (χ4n) is 4.92. The van der Waals surface area contributed by atoms with Crippen molar-refractivity contribution in [2.45, 2.75) is 45.6 Å². The third-order valence-corrected chi connectivity index (χ3v) is 6.45. The number of hydrogen-bond acceptors (Lipinski definition) is 3. The van der Waals surface area contributed by atoms with Crippen molar-refractivity contribution in [3.8, 4) is 11.1 Å². The molecule has 1 unspecified atom stereocenters. The average molecular weight is 428 g/mol. The molecule has 1 amide bonds. The third-order valence-electron chi connectivity index (χ3n) is 6.45. The second-order valence-electron chi connectivity index (χ2n) is 9.04. The normalized spacial score (nSPS) is 16.8. The van der Waals surface area contributed by atoms with Gasteiger partial charge in [-0.1, -0.05) is 11.6 Å². The molecule has 1 atom stereocenters. The zero-order valence-electron chi connectivity index (χ0n) is 18.9. The van der Waals surface area contributed by atoms with Crippen molar-refractivity contribution in [1.82, 2.24) is 24.6 Å². The molecule has 4 aromatic rings. The molecule has 1 fully saturated rings. The van der Waals surface area contributed by atoms with Crippen LogP contribution in [0.4, 0.5) is 0 Å². The molecular formula is C26H29N5O. The van der Waals surface area contributed by atoms with E-state index in [0.717, 1.165) is 30.5 Å². The van der Waals surface area contributed by atoms with Gasteiger partial charge in [-0.3, -0.25) is 14.5 Å². The number of likely N-dealkylation sites (tertiary alicyclic amines) is 1. The van der Waals surface area contributed by atoms with Gasteiger partial charge in [0.2, 0.25) is 0 Å². The number of nitrogens with one attached hydrogen (secondary N) is 1. The molecule has 1 aliphatic heterocycles. The van der Waals surface area contributed by atoms with Crippen molar-refractivity contribution in [1.29, 1.82) is 0 Å². The first-order valence-corrected chi connectivity index (χ1v) is 11.4. The highest BCUT2D eigenvalue weighted by atomic mass is 16.2. The number of nitrogens with zero attached hydrogens (tertiary/aromatic N) is 4. The number of aryl methyl sites for hydroxylation is 1. The molecule has 0 saturated carbocycles. The predicted octanol–water partition coefficient (Wildman–Crippen LogP) is 5.34. The lowest BCUT2D eigenvalue weighted by atomic mass is 9.89. The molecule has 5 rings (SSSR count). The van der Waals surface area contributed by atoms with Gasteiger partial charge < -0.3 is 9.88 Å². The second kappa shape index (κ2) is 8.26. The maximum atomic E-state index is 13.4. The van der Waals surface area contributed by atoms with Crippen molar-refractivity contribution in [3.63, 3.8) is 0 Å². The van der Waals surface area contributed by atoms with Crippen LogP contribution in [-0.4, -0.2) is 43.6 Å². The molecule has 0 aliphatic carbocycles. The zero-order valence-corrected chi connectivity index (χ0v) is 18.9. The Labute approximate surface area is 188 Å². The summed E-state index contributed by atoms with van der Waals surface area (Å²) in [6.45, 7) is 7.71. The molecule has 32 heavy (non-hydrogen) atoms. The summed E-state index contributed by atoms with van der Waals surface area (Å²) in [6.07, 6.45) is 7.44. The Bertz CT molecular complexity index is 1250. The highest BCUT2D eigenvalue weighted by Gasteiger charge is 2.30. The van der Waals surface area contributed by atoms with Crippen LogP contribution in [0.15, 0.2) is 55.0 Å². The number of piperidine rings is 1. The van der Waals surface area contributed by atoms with Crippen LogP contribution in [-0.2, 0) is 0 Å². The van der Waals surface area contributed by atoms with Crippen molar-refractivity contribution in [2.75, 3.05) is 13.1 Å². The summed E-state index contributed by atoms with van der Waals surface area (Å²) in [6, 6.07) is 12.7. The zero-order chi connectivity index (χ0) is 22.2. The van der Waals surface area contributed by atoms with Crippen LogP contribution < -0.4 is 0 Å². The minimum absolute atomic E-state index is 0.0679. The van der Waals surface area contributed by atoms with Gasteiger partial charge in [0.05, 0.1) is 0 Å². The average Bonchev–Trinajstić information content (AvgIpc) is 3.44. The van der Waals surface area contributed by atoms with E-state index in [4.69, 9.17) is 0 Å². The molecule has 6 nitrogen and oxygen atoms in total. The molecule has 0 spiro atoms. The molecule has 4 heterocycles. The number of pyridine rings is 1. The summed E-state index contributed by atoms with van der Waals surface area (Å²) in [5.74, 6) is 0.317. The lowest BCUT2D eigenvalue weighted by molar-refractivity contribution is 0.0691. The van der Waals surface area contributed by atoms with Gasteiger partial charge in [0.25, 0.3) is 5.91 Å². The molecule has 0 radical (unpaired) electrons. The van der Waals surface area contributed by atoms with E-state index >= 15 is 0 Å². The highest BCUT2D eigenvalue weighted by molar-refractivity contribution is 5.98. The van der Waals surface area contributed by atoms with E-state index in [1.54, 1.807) is 6.20 Å². The van der Waals surface area contributed by atoms with E-state index in [-0.39, 0.29) is 17.9 Å². The molecule has 164 valence electrons. The van der Waals surface area contributed by atoms with Crippen LogP contribution >= 0.6 is 0 Å². The van der Waals surface area contributed by atoms with E-state index in [0.29, 0.717) is 12.2 Å². The minimum atomic E-state index is 0.0679. The number of aromatic amines is 1. The standard InChI is InChI=1S/C26H29N5O/c1-17(2)31-23(10-13-28-31)26(32)30-14-4-5-20(16-30)25-24(19-8-11-27-12-9-19)21-15-18(3)6-7-22(21)29-25/h6-13,15,17,20,29H,4-5,14,16H2,1-3H3. The molecule has 0 bridgehead atoms. The van der Waals surface area contributed by atoms with Crippen LogP contribution in [0.1, 0.15) is 60.4 Å². The monoisotopic (exact) mass is 427 g/mol. The molecular weight excluding hydrogens is 398 g/mol. The number of hydrogen-bond donors (Lipinski definition) is 1. The Hall–Kier alpha value is -3.41. The molecule has 1 N–H and O–H groups in total. The molecule has 1 aliphatic rings. The maximum Gasteiger partial charge on any atom is 0.272 e. The third kappa shape index (κ3) is 3.60. The predicted molar refractivity (Wildman–Crippen MR) is 127 cm³/mol. The number of amides is 1. The molecule has 1 aromatic carbocycles. The smallest absolute Gasteiger partial charge is 0.272 e. The number of rotatable bonds is 4. The number of carbonyl (C=O) groups is 1. The van der Waals surface area contributed by atoms with Gasteiger partial charge in [0, 0.05) is 65.8 Å². The number of carbonyl (C=O) groups excluding carboxylic acids is 1. The minimum Gasteiger partial charge on any atom is -0.358 e. The van der Waals surface area contributed by atoms with Gasteiger partial charge in [0.1, 0.15) is 5.69 Å². The van der Waals surface area contributed by atoms with Crippen LogP contribution in [0.3, 0.4) is 0 Å². The van der Waals surface area contributed by atoms with E-state index < -0.39 is 0 Å². The van der Waals surface area contributed by atoms with Crippen molar-refractivity contribution in [2.24, 2.45) is 0 Å². The van der Waals surface area contributed by atoms with Crippen LogP contribution in [0.5, 0.6) is 0 Å². The fourth-order valence-corrected chi connectivity index (χ4v) is 4.92. The molecule has 3 aromatic heterocycles. The molecule has 6 heteroatoms. The van der Waals surface area contributed by atoms with Gasteiger partial charge in [-0.05, 0) is 69.5 Å². The second-order valence-corrected chi connectivity index (χ2v) is 9.04. The first kappa shape index (κ1) is 20.5. The maximum absolute atomic E-state index is 13.4. The van der Waals surface area contributed by atoms with Crippen molar-refractivity contribution >= 4 is 16.8 Å². The lowest BCUT2D eigenvalue weighted by Gasteiger charge is -2.33. The Morgan fingerprint density at radius 3 is 2.72 bits per heavy atom. The quantitative estimate of drug-likeness (QED) is 0.478. The Morgan fingerprint density at radius 2 is 1.94 bits per heavy atom. The summed E-state index contributed by atoms with van der Waals surface area (Å²) >= 11 is 0. The van der Waals surface area contributed by atoms with Gasteiger partial charge in [-0.2, -0.15) is 5.10 Å². The summed E-state index contributed by atoms with van der Waals surface area (Å²) in [5, 5.41) is 5.59. The van der Waals surface area contributed by atoms with E-state index in [1.165, 1.54) is 22.2 Å². The Morgan fingerprint density at radius 1 is 1.12 bits per heavy atom. The fraction of sp³-hybridized carbons (Fsp3) is 0.346. The first-order valence-electron chi connectivity index (χ1n) is 11.4.